The van der Waals surface area contributed by atoms with Crippen LogP contribution in [0.15, 0.2) is 12.1 Å². The monoisotopic (exact) mass is 281 g/mol. The molecule has 3 nitrogen and oxygen atoms in total. The van der Waals surface area contributed by atoms with Crippen LogP contribution in [0.4, 0.5) is 17.6 Å². The maximum Gasteiger partial charge on any atom is 0.401 e. The van der Waals surface area contributed by atoms with Crippen LogP contribution in [0.1, 0.15) is 18.5 Å². The minimum Gasteiger partial charge on any atom is -0.493 e. The first kappa shape index (κ1) is 15.6. The van der Waals surface area contributed by atoms with E-state index in [-0.39, 0.29) is 17.1 Å². The molecule has 0 radical (unpaired) electrons. The zero-order valence-corrected chi connectivity index (χ0v) is 10.8. The van der Waals surface area contributed by atoms with Crippen molar-refractivity contribution < 1.29 is 27.0 Å². The van der Waals surface area contributed by atoms with Crippen molar-refractivity contribution in [2.24, 2.45) is 0 Å². The molecule has 0 aliphatic rings. The molecule has 1 aromatic rings. The van der Waals surface area contributed by atoms with Crippen molar-refractivity contribution in [3.63, 3.8) is 0 Å². The molecule has 0 spiro atoms. The molecule has 0 bridgehead atoms. The second-order valence-corrected chi connectivity index (χ2v) is 3.95. The maximum atomic E-state index is 13.8. The second kappa shape index (κ2) is 6.10. The molecule has 108 valence electrons. The van der Waals surface area contributed by atoms with E-state index in [1.54, 1.807) is 0 Å². The molecule has 0 amide bonds. The predicted octanol–water partition coefficient (Wildman–Crippen LogP) is 3.06. The lowest BCUT2D eigenvalue weighted by molar-refractivity contribution is -0.126. The van der Waals surface area contributed by atoms with E-state index in [1.165, 1.54) is 27.2 Å². The first-order valence-electron chi connectivity index (χ1n) is 5.50. The zero-order chi connectivity index (χ0) is 14.6. The molecule has 0 aromatic heterocycles. The van der Waals surface area contributed by atoms with E-state index in [0.717, 1.165) is 6.07 Å². The molecule has 1 N–H and O–H groups in total. The largest absolute Gasteiger partial charge is 0.493 e. The number of hydrogen-bond donors (Lipinski definition) is 1. The average molecular weight is 281 g/mol. The fourth-order valence-electron chi connectivity index (χ4n) is 1.58. The summed E-state index contributed by atoms with van der Waals surface area (Å²) >= 11 is 0. The van der Waals surface area contributed by atoms with Crippen molar-refractivity contribution in [3.05, 3.63) is 23.5 Å². The van der Waals surface area contributed by atoms with E-state index >= 15 is 0 Å². The summed E-state index contributed by atoms with van der Waals surface area (Å²) < 4.78 is 59.9. The fraction of sp³-hybridized carbons (Fsp3) is 0.500. The molecule has 19 heavy (non-hydrogen) atoms. The Labute approximate surface area is 108 Å². The lowest BCUT2D eigenvalue weighted by Crippen LogP contribution is -2.31. The van der Waals surface area contributed by atoms with E-state index in [0.29, 0.717) is 0 Å². The molecule has 0 aliphatic carbocycles. The van der Waals surface area contributed by atoms with Gasteiger partial charge in [-0.25, -0.2) is 4.39 Å². The van der Waals surface area contributed by atoms with E-state index in [9.17, 15) is 17.6 Å². The molecule has 1 atom stereocenters. The highest BCUT2D eigenvalue weighted by Gasteiger charge is 2.28. The number of ether oxygens (including phenoxy) is 2. The van der Waals surface area contributed by atoms with Gasteiger partial charge >= 0.3 is 6.18 Å². The molecule has 0 fully saturated rings. The fourth-order valence-corrected chi connectivity index (χ4v) is 1.58. The van der Waals surface area contributed by atoms with Crippen LogP contribution in [0, 0.1) is 5.82 Å². The van der Waals surface area contributed by atoms with Crippen LogP contribution in [0.2, 0.25) is 0 Å². The van der Waals surface area contributed by atoms with Gasteiger partial charge in [0.25, 0.3) is 0 Å². The van der Waals surface area contributed by atoms with Crippen LogP contribution in [0.25, 0.3) is 0 Å². The number of methoxy groups -OCH3 is 2. The zero-order valence-electron chi connectivity index (χ0n) is 10.8. The third-order valence-corrected chi connectivity index (χ3v) is 2.58. The summed E-state index contributed by atoms with van der Waals surface area (Å²) in [6.45, 7) is 0.248. The Kier molecular flexibility index (Phi) is 4.99. The highest BCUT2D eigenvalue weighted by molar-refractivity contribution is 5.44. The molecule has 1 aromatic carbocycles. The Hall–Kier alpha value is -1.50. The van der Waals surface area contributed by atoms with Crippen LogP contribution in [-0.4, -0.2) is 26.9 Å². The van der Waals surface area contributed by atoms with Crippen molar-refractivity contribution in [1.29, 1.82) is 0 Å². The van der Waals surface area contributed by atoms with Gasteiger partial charge in [-0.1, -0.05) is 0 Å². The molecule has 0 aliphatic heterocycles. The van der Waals surface area contributed by atoms with Gasteiger partial charge in [0.2, 0.25) is 0 Å². The molecule has 0 heterocycles. The molecular weight excluding hydrogens is 266 g/mol. The van der Waals surface area contributed by atoms with Gasteiger partial charge in [-0.3, -0.25) is 0 Å². The summed E-state index contributed by atoms with van der Waals surface area (Å²) in [6, 6.07) is 1.60. The number of nitrogens with one attached hydrogen (secondary N) is 1. The van der Waals surface area contributed by atoms with Crippen molar-refractivity contribution in [2.45, 2.75) is 19.1 Å². The summed E-state index contributed by atoms with van der Waals surface area (Å²) in [4.78, 5) is 0. The third-order valence-electron chi connectivity index (χ3n) is 2.58. The van der Waals surface area contributed by atoms with Crippen LogP contribution in [-0.2, 0) is 0 Å². The minimum atomic E-state index is -4.35. The number of rotatable bonds is 5. The lowest BCUT2D eigenvalue weighted by atomic mass is 10.1. The maximum absolute atomic E-state index is 13.8. The van der Waals surface area contributed by atoms with E-state index < -0.39 is 24.6 Å². The first-order valence-corrected chi connectivity index (χ1v) is 5.50. The first-order chi connectivity index (χ1) is 8.78. The van der Waals surface area contributed by atoms with Gasteiger partial charge in [-0.15, -0.1) is 0 Å². The van der Waals surface area contributed by atoms with Gasteiger partial charge in [0.1, 0.15) is 5.82 Å². The molecule has 0 saturated heterocycles. The molecule has 7 heteroatoms. The topological polar surface area (TPSA) is 30.5 Å². The van der Waals surface area contributed by atoms with Gasteiger partial charge in [0.15, 0.2) is 11.5 Å². The van der Waals surface area contributed by atoms with E-state index in [1.807, 2.05) is 0 Å². The predicted molar refractivity (Wildman–Crippen MR) is 62.0 cm³/mol. The van der Waals surface area contributed by atoms with Gasteiger partial charge in [-0.05, 0) is 13.0 Å². The molecular formula is C12H15F4NO2. The lowest BCUT2D eigenvalue weighted by Gasteiger charge is -2.18. The number of benzene rings is 1. The van der Waals surface area contributed by atoms with Crippen molar-refractivity contribution in [3.8, 4) is 11.5 Å². The van der Waals surface area contributed by atoms with Crippen LogP contribution >= 0.6 is 0 Å². The average Bonchev–Trinajstić information content (AvgIpc) is 2.34. The Balaban J connectivity index is 2.93. The SMILES string of the molecule is COc1cc(F)c([C@H](C)NCC(F)(F)F)cc1OC. The van der Waals surface area contributed by atoms with Crippen LogP contribution in [0.5, 0.6) is 11.5 Å². The van der Waals surface area contributed by atoms with Crippen LogP contribution in [0.3, 0.4) is 0 Å². The van der Waals surface area contributed by atoms with Crippen LogP contribution < -0.4 is 14.8 Å². The number of alkyl halides is 3. The Morgan fingerprint density at radius 1 is 1.16 bits per heavy atom. The van der Waals surface area contributed by atoms with Gasteiger partial charge < -0.3 is 14.8 Å². The summed E-state index contributed by atoms with van der Waals surface area (Å²) in [5.41, 5.74) is 0.0851. The Morgan fingerprint density at radius 2 is 1.68 bits per heavy atom. The summed E-state index contributed by atoms with van der Waals surface area (Å²) in [5, 5.41) is 2.21. The summed E-state index contributed by atoms with van der Waals surface area (Å²) in [6.07, 6.45) is -4.35. The third kappa shape index (κ3) is 4.27. The van der Waals surface area contributed by atoms with Gasteiger partial charge in [-0.2, -0.15) is 13.2 Å². The standard InChI is InChI=1S/C12H15F4NO2/c1-7(17-6-12(14,15)16)8-4-10(18-2)11(19-3)5-9(8)13/h4-5,7,17H,6H2,1-3H3/t7-/m0/s1. The highest BCUT2D eigenvalue weighted by Crippen LogP contribution is 2.32. The summed E-state index contributed by atoms with van der Waals surface area (Å²) in [5.74, 6) is -0.203. The van der Waals surface area contributed by atoms with Gasteiger partial charge in [0.05, 0.1) is 20.8 Å². The van der Waals surface area contributed by atoms with Crippen molar-refractivity contribution in [1.82, 2.24) is 5.32 Å². The molecule has 1 rings (SSSR count). The van der Waals surface area contributed by atoms with Crippen molar-refractivity contribution >= 4 is 0 Å². The summed E-state index contributed by atoms with van der Waals surface area (Å²) in [7, 11) is 2.72. The van der Waals surface area contributed by atoms with E-state index in [2.05, 4.69) is 5.32 Å². The van der Waals surface area contributed by atoms with Gasteiger partial charge in [0, 0.05) is 17.7 Å². The number of hydrogen-bond acceptors (Lipinski definition) is 3. The number of halogens is 4. The molecule has 0 unspecified atom stereocenters. The Bertz CT molecular complexity index is 434. The Morgan fingerprint density at radius 3 is 2.16 bits per heavy atom. The highest BCUT2D eigenvalue weighted by atomic mass is 19.4. The second-order valence-electron chi connectivity index (χ2n) is 3.95. The normalized spacial score (nSPS) is 13.2. The quantitative estimate of drug-likeness (QED) is 0.841. The van der Waals surface area contributed by atoms with E-state index in [4.69, 9.17) is 9.47 Å². The van der Waals surface area contributed by atoms with Crippen molar-refractivity contribution in [2.75, 3.05) is 20.8 Å². The minimum absolute atomic E-state index is 0.0851. The molecule has 0 saturated carbocycles. The smallest absolute Gasteiger partial charge is 0.401 e.